The van der Waals surface area contributed by atoms with Crippen molar-refractivity contribution in [1.82, 2.24) is 0 Å². The molecular weight excluding hydrogens is 98.1 g/mol. The van der Waals surface area contributed by atoms with Gasteiger partial charge in [0.25, 0.3) is 0 Å². The van der Waals surface area contributed by atoms with E-state index in [4.69, 9.17) is 5.26 Å². The summed E-state index contributed by atoms with van der Waals surface area (Å²) in [4.78, 5) is 0. The number of nitrogens with zero attached hydrogens (tertiary/aromatic N) is 1. The van der Waals surface area contributed by atoms with Crippen molar-refractivity contribution in [2.75, 3.05) is 0 Å². The van der Waals surface area contributed by atoms with E-state index < -0.39 is 0 Å². The smallest absolute Gasteiger partial charge is 0.0725 e. The second-order valence-electron chi connectivity index (χ2n) is 2.24. The standard InChI is InChI=1S/C7H10N/c1-4-5-7(2,3)6-8/h4-5H,1H2,2-3H3. The van der Waals surface area contributed by atoms with E-state index in [1.165, 1.54) is 0 Å². The highest BCUT2D eigenvalue weighted by molar-refractivity contribution is 5.08. The molecule has 0 bridgehead atoms. The minimum absolute atomic E-state index is 0.345. The summed E-state index contributed by atoms with van der Waals surface area (Å²) in [5.74, 6) is 0. The fourth-order valence-corrected chi connectivity index (χ4v) is 0.332. The van der Waals surface area contributed by atoms with Crippen molar-refractivity contribution in [3.8, 4) is 6.07 Å². The maximum atomic E-state index is 8.40. The summed E-state index contributed by atoms with van der Waals surface area (Å²) >= 11 is 0. The van der Waals surface area contributed by atoms with Gasteiger partial charge < -0.3 is 0 Å². The van der Waals surface area contributed by atoms with Gasteiger partial charge in [0.1, 0.15) is 0 Å². The Morgan fingerprint density at radius 2 is 2.12 bits per heavy atom. The molecule has 0 rings (SSSR count). The molecule has 43 valence electrons. The molecule has 0 aromatic rings. The topological polar surface area (TPSA) is 23.8 Å². The van der Waals surface area contributed by atoms with Crippen LogP contribution in [0.3, 0.4) is 0 Å². The molecule has 0 aliphatic heterocycles. The van der Waals surface area contributed by atoms with Crippen LogP contribution >= 0.6 is 0 Å². The molecule has 0 amide bonds. The second kappa shape index (κ2) is 2.52. The van der Waals surface area contributed by atoms with E-state index in [9.17, 15) is 0 Å². The molecule has 1 radical (unpaired) electrons. The van der Waals surface area contributed by atoms with Gasteiger partial charge in [-0.15, -0.1) is 0 Å². The molecular formula is C7H10N. The van der Waals surface area contributed by atoms with Crippen molar-refractivity contribution in [1.29, 1.82) is 5.26 Å². The Labute approximate surface area is 50.6 Å². The molecule has 0 fully saturated rings. The van der Waals surface area contributed by atoms with Gasteiger partial charge >= 0.3 is 0 Å². The molecule has 8 heavy (non-hydrogen) atoms. The predicted molar refractivity (Wildman–Crippen MR) is 33.9 cm³/mol. The van der Waals surface area contributed by atoms with Crippen LogP contribution in [0.2, 0.25) is 0 Å². The summed E-state index contributed by atoms with van der Waals surface area (Å²) in [5.41, 5.74) is -0.345. The summed E-state index contributed by atoms with van der Waals surface area (Å²) < 4.78 is 0. The van der Waals surface area contributed by atoms with Crippen molar-refractivity contribution in [2.24, 2.45) is 5.41 Å². The first-order chi connectivity index (χ1) is 3.62. The zero-order chi connectivity index (χ0) is 6.62. The van der Waals surface area contributed by atoms with Crippen LogP contribution in [0.1, 0.15) is 13.8 Å². The lowest BCUT2D eigenvalue weighted by atomic mass is 9.96. The van der Waals surface area contributed by atoms with Crippen molar-refractivity contribution in [2.45, 2.75) is 13.8 Å². The Balaban J connectivity index is 3.97. The van der Waals surface area contributed by atoms with Crippen LogP contribution in [0.4, 0.5) is 0 Å². The predicted octanol–water partition coefficient (Wildman–Crippen LogP) is 1.93. The SMILES string of the molecule is [CH2]C=CC(C)(C)C#N. The van der Waals surface area contributed by atoms with E-state index in [2.05, 4.69) is 13.0 Å². The van der Waals surface area contributed by atoms with Crippen LogP contribution < -0.4 is 0 Å². The normalized spacial score (nSPS) is 11.8. The van der Waals surface area contributed by atoms with Crippen molar-refractivity contribution < 1.29 is 0 Å². The van der Waals surface area contributed by atoms with Crippen LogP contribution in [0.25, 0.3) is 0 Å². The van der Waals surface area contributed by atoms with Gasteiger partial charge in [-0.2, -0.15) is 5.26 Å². The van der Waals surface area contributed by atoms with Gasteiger partial charge in [0.05, 0.1) is 11.5 Å². The highest BCUT2D eigenvalue weighted by Gasteiger charge is 2.09. The molecule has 0 N–H and O–H groups in total. The number of hydrogen-bond acceptors (Lipinski definition) is 1. The average Bonchev–Trinajstić information content (AvgIpc) is 1.67. The Morgan fingerprint density at radius 3 is 2.25 bits per heavy atom. The first kappa shape index (κ1) is 7.23. The van der Waals surface area contributed by atoms with Gasteiger partial charge in [0.2, 0.25) is 0 Å². The molecule has 0 unspecified atom stereocenters. The fraction of sp³-hybridized carbons (Fsp3) is 0.429. The summed E-state index contributed by atoms with van der Waals surface area (Å²) in [7, 11) is 0. The Kier molecular flexibility index (Phi) is 2.27. The Bertz CT molecular complexity index is 126. The van der Waals surface area contributed by atoms with Crippen molar-refractivity contribution in [3.05, 3.63) is 19.1 Å². The van der Waals surface area contributed by atoms with Gasteiger partial charge in [-0.3, -0.25) is 0 Å². The van der Waals surface area contributed by atoms with Crippen LogP contribution in [0.15, 0.2) is 12.2 Å². The highest BCUT2D eigenvalue weighted by Crippen LogP contribution is 2.13. The molecule has 0 saturated heterocycles. The van der Waals surface area contributed by atoms with Crippen LogP contribution in [0.5, 0.6) is 0 Å². The average molecular weight is 108 g/mol. The molecule has 0 atom stereocenters. The molecule has 0 spiro atoms. The third-order valence-electron chi connectivity index (χ3n) is 0.823. The van der Waals surface area contributed by atoms with Gasteiger partial charge in [-0.1, -0.05) is 12.2 Å². The lowest BCUT2D eigenvalue weighted by molar-refractivity contribution is 0.644. The summed E-state index contributed by atoms with van der Waals surface area (Å²) in [5, 5.41) is 8.40. The van der Waals surface area contributed by atoms with E-state index in [0.717, 1.165) is 0 Å². The minimum Gasteiger partial charge on any atom is -0.197 e. The second-order valence-corrected chi connectivity index (χ2v) is 2.24. The third-order valence-corrected chi connectivity index (χ3v) is 0.823. The zero-order valence-corrected chi connectivity index (χ0v) is 5.31. The molecule has 0 saturated carbocycles. The molecule has 1 nitrogen and oxygen atoms in total. The highest BCUT2D eigenvalue weighted by atomic mass is 14.3. The van der Waals surface area contributed by atoms with E-state index in [0.29, 0.717) is 0 Å². The van der Waals surface area contributed by atoms with E-state index >= 15 is 0 Å². The monoisotopic (exact) mass is 108 g/mol. The van der Waals surface area contributed by atoms with Crippen LogP contribution in [-0.2, 0) is 0 Å². The van der Waals surface area contributed by atoms with Crippen LogP contribution in [0, 0.1) is 23.7 Å². The Morgan fingerprint density at radius 1 is 1.62 bits per heavy atom. The molecule has 0 heterocycles. The van der Waals surface area contributed by atoms with Gasteiger partial charge in [0, 0.05) is 0 Å². The van der Waals surface area contributed by atoms with E-state index in [1.54, 1.807) is 12.2 Å². The number of hydrogen-bond donors (Lipinski definition) is 0. The third kappa shape index (κ3) is 2.41. The molecule has 0 aromatic carbocycles. The summed E-state index contributed by atoms with van der Waals surface area (Å²) in [6.45, 7) is 7.17. The lowest BCUT2D eigenvalue weighted by Gasteiger charge is -2.05. The maximum absolute atomic E-state index is 8.40. The van der Waals surface area contributed by atoms with Gasteiger partial charge in [-0.05, 0) is 20.8 Å². The number of rotatable bonds is 1. The van der Waals surface area contributed by atoms with E-state index in [1.807, 2.05) is 13.8 Å². The largest absolute Gasteiger partial charge is 0.197 e. The lowest BCUT2D eigenvalue weighted by Crippen LogP contribution is -2.01. The molecule has 0 aliphatic carbocycles. The molecule has 1 heteroatoms. The zero-order valence-electron chi connectivity index (χ0n) is 5.31. The van der Waals surface area contributed by atoms with Crippen molar-refractivity contribution >= 4 is 0 Å². The van der Waals surface area contributed by atoms with Gasteiger partial charge in [0.15, 0.2) is 0 Å². The summed E-state index contributed by atoms with van der Waals surface area (Å²) in [6.07, 6.45) is 3.41. The van der Waals surface area contributed by atoms with Gasteiger partial charge in [-0.25, -0.2) is 0 Å². The van der Waals surface area contributed by atoms with Crippen molar-refractivity contribution in [3.63, 3.8) is 0 Å². The molecule has 0 aromatic heterocycles. The Hall–Kier alpha value is -0.770. The number of allylic oxidation sites excluding steroid dienone is 2. The summed E-state index contributed by atoms with van der Waals surface area (Å²) in [6, 6.07) is 2.12. The fourth-order valence-electron chi connectivity index (χ4n) is 0.332. The van der Waals surface area contributed by atoms with Crippen LogP contribution in [-0.4, -0.2) is 0 Å². The quantitative estimate of drug-likeness (QED) is 0.503. The van der Waals surface area contributed by atoms with E-state index in [-0.39, 0.29) is 5.41 Å². The maximum Gasteiger partial charge on any atom is 0.0725 e. The molecule has 0 aliphatic rings. The minimum atomic E-state index is -0.345. The number of nitriles is 1. The first-order valence-electron chi connectivity index (χ1n) is 2.50. The first-order valence-corrected chi connectivity index (χ1v) is 2.50.